The van der Waals surface area contributed by atoms with Crippen LogP contribution in [0.25, 0.3) is 11.0 Å². The van der Waals surface area contributed by atoms with Crippen LogP contribution in [0.15, 0.2) is 91.0 Å². The Balaban J connectivity index is 0.000000371. The number of aliphatic carboxylic acids is 2. The Morgan fingerprint density at radius 3 is 2.14 bits per heavy atom. The van der Waals surface area contributed by atoms with Gasteiger partial charge in [0.2, 0.25) is 0 Å². The molecule has 4 rings (SSSR count). The number of nitrogens with one attached hydrogen (secondary N) is 1. The second-order valence-corrected chi connectivity index (χ2v) is 8.63. The molecule has 0 radical (unpaired) electrons. The van der Waals surface area contributed by atoms with Crippen LogP contribution in [0.5, 0.6) is 11.5 Å². The van der Waals surface area contributed by atoms with E-state index in [-0.39, 0.29) is 0 Å². The van der Waals surface area contributed by atoms with E-state index < -0.39 is 11.9 Å². The Labute approximate surface area is 209 Å². The molecular formula is C28H27NO5S. The van der Waals surface area contributed by atoms with Crippen molar-refractivity contribution in [1.29, 1.82) is 0 Å². The summed E-state index contributed by atoms with van der Waals surface area (Å²) in [6.45, 7) is 1.99. The average molecular weight is 490 g/mol. The van der Waals surface area contributed by atoms with Crippen molar-refractivity contribution in [1.82, 2.24) is 5.32 Å². The molecule has 0 amide bonds. The van der Waals surface area contributed by atoms with Crippen LogP contribution in [-0.2, 0) is 16.0 Å². The molecule has 0 atom stereocenters. The maximum Gasteiger partial charge on any atom is 0.328 e. The summed E-state index contributed by atoms with van der Waals surface area (Å²) in [6, 6.07) is 27.1. The molecule has 0 fully saturated rings. The summed E-state index contributed by atoms with van der Waals surface area (Å²) in [4.78, 5) is 20.4. The Kier molecular flexibility index (Phi) is 10.2. The highest BCUT2D eigenvalue weighted by Crippen LogP contribution is 2.42. The average Bonchev–Trinajstić information content (AvgIpc) is 3.02. The molecule has 0 bridgehead atoms. The van der Waals surface area contributed by atoms with Gasteiger partial charge in [-0.15, -0.1) is 11.8 Å². The zero-order valence-electron chi connectivity index (χ0n) is 19.1. The molecule has 1 aliphatic heterocycles. The zero-order chi connectivity index (χ0) is 24.9. The van der Waals surface area contributed by atoms with E-state index in [4.69, 9.17) is 14.9 Å². The van der Waals surface area contributed by atoms with Crippen molar-refractivity contribution in [3.05, 3.63) is 108 Å². The normalized spacial score (nSPS) is 11.7. The van der Waals surface area contributed by atoms with Gasteiger partial charge < -0.3 is 20.3 Å². The van der Waals surface area contributed by atoms with Gasteiger partial charge in [0.05, 0.1) is 0 Å². The Morgan fingerprint density at radius 1 is 0.800 bits per heavy atom. The third-order valence-electron chi connectivity index (χ3n) is 4.92. The van der Waals surface area contributed by atoms with E-state index in [1.807, 2.05) is 36.0 Å². The number of fused-ring (bicyclic) bond motifs is 2. The van der Waals surface area contributed by atoms with Gasteiger partial charge in [-0.2, -0.15) is 0 Å². The quantitative estimate of drug-likeness (QED) is 0.267. The highest BCUT2D eigenvalue weighted by molar-refractivity contribution is 8.08. The van der Waals surface area contributed by atoms with Crippen LogP contribution in [0.4, 0.5) is 0 Å². The van der Waals surface area contributed by atoms with Gasteiger partial charge in [0, 0.05) is 40.5 Å². The maximum absolute atomic E-state index is 9.55. The minimum Gasteiger partial charge on any atom is -0.478 e. The van der Waals surface area contributed by atoms with Crippen LogP contribution in [0.1, 0.15) is 16.7 Å². The molecule has 0 saturated carbocycles. The first-order valence-electron chi connectivity index (χ1n) is 11.1. The predicted octanol–water partition coefficient (Wildman–Crippen LogP) is 5.57. The minimum atomic E-state index is -1.26. The molecule has 3 N–H and O–H groups in total. The van der Waals surface area contributed by atoms with E-state index in [9.17, 15) is 9.59 Å². The minimum absolute atomic E-state index is 0.558. The summed E-state index contributed by atoms with van der Waals surface area (Å²) in [5.74, 6) is 0.358. The zero-order valence-corrected chi connectivity index (χ0v) is 19.9. The van der Waals surface area contributed by atoms with Crippen molar-refractivity contribution in [3.8, 4) is 11.5 Å². The molecule has 180 valence electrons. The monoisotopic (exact) mass is 489 g/mol. The van der Waals surface area contributed by atoms with Crippen molar-refractivity contribution in [2.75, 3.05) is 18.8 Å². The van der Waals surface area contributed by atoms with Gasteiger partial charge in [-0.05, 0) is 36.7 Å². The fourth-order valence-corrected chi connectivity index (χ4v) is 4.29. The van der Waals surface area contributed by atoms with Crippen LogP contribution in [0, 0.1) is 0 Å². The molecule has 6 nitrogen and oxygen atoms in total. The van der Waals surface area contributed by atoms with Crippen LogP contribution < -0.4 is 10.1 Å². The summed E-state index contributed by atoms with van der Waals surface area (Å²) in [5, 5.41) is 19.2. The van der Waals surface area contributed by atoms with Gasteiger partial charge in [0.1, 0.15) is 11.5 Å². The van der Waals surface area contributed by atoms with Crippen LogP contribution in [0.2, 0.25) is 0 Å². The Hall–Kier alpha value is -3.81. The molecule has 0 unspecified atom stereocenters. The largest absolute Gasteiger partial charge is 0.478 e. The molecule has 0 aliphatic carbocycles. The van der Waals surface area contributed by atoms with E-state index in [2.05, 4.69) is 66.0 Å². The van der Waals surface area contributed by atoms with Crippen LogP contribution >= 0.6 is 11.8 Å². The number of hydrogen-bond donors (Lipinski definition) is 3. The topological polar surface area (TPSA) is 95.9 Å². The van der Waals surface area contributed by atoms with Gasteiger partial charge in [0.15, 0.2) is 0 Å². The maximum atomic E-state index is 9.55. The molecular weight excluding hydrogens is 462 g/mol. The number of carboxylic acids is 2. The van der Waals surface area contributed by atoms with Gasteiger partial charge >= 0.3 is 11.9 Å². The lowest BCUT2D eigenvalue weighted by molar-refractivity contribution is -0.134. The molecule has 0 saturated heterocycles. The second-order valence-electron chi connectivity index (χ2n) is 7.49. The number of hydrogen-bond acceptors (Lipinski definition) is 5. The van der Waals surface area contributed by atoms with Crippen LogP contribution in [-0.4, -0.2) is 41.0 Å². The number of para-hydroxylation sites is 2. The van der Waals surface area contributed by atoms with Crippen molar-refractivity contribution in [2.45, 2.75) is 6.42 Å². The molecule has 0 aromatic heterocycles. The molecule has 1 heterocycles. The van der Waals surface area contributed by atoms with Crippen molar-refractivity contribution in [2.24, 2.45) is 0 Å². The molecule has 0 spiro atoms. The van der Waals surface area contributed by atoms with Crippen molar-refractivity contribution in [3.63, 3.8) is 0 Å². The number of benzene rings is 3. The van der Waals surface area contributed by atoms with Gasteiger partial charge in [-0.25, -0.2) is 9.59 Å². The summed E-state index contributed by atoms with van der Waals surface area (Å²) in [5.41, 5.74) is 3.68. The number of rotatable bonds is 9. The smallest absolute Gasteiger partial charge is 0.328 e. The summed E-state index contributed by atoms with van der Waals surface area (Å²) in [7, 11) is 0. The lowest BCUT2D eigenvalue weighted by Gasteiger charge is -2.11. The van der Waals surface area contributed by atoms with Crippen molar-refractivity contribution >= 4 is 34.7 Å². The SMILES string of the molecule is C1=C(SCCNCCc2ccccc2)c2ccccc2Oc2ccccc21.O=C(O)/C=C\C(=O)O. The first kappa shape index (κ1) is 25.8. The summed E-state index contributed by atoms with van der Waals surface area (Å²) < 4.78 is 6.15. The van der Waals surface area contributed by atoms with Gasteiger partial charge in [0.25, 0.3) is 0 Å². The lowest BCUT2D eigenvalue weighted by atomic mass is 10.1. The van der Waals surface area contributed by atoms with Gasteiger partial charge in [-0.1, -0.05) is 66.7 Å². The highest BCUT2D eigenvalue weighted by Gasteiger charge is 2.16. The fourth-order valence-electron chi connectivity index (χ4n) is 3.29. The number of carboxylic acid groups (broad SMARTS) is 2. The van der Waals surface area contributed by atoms with Crippen molar-refractivity contribution < 1.29 is 24.5 Å². The first-order valence-corrected chi connectivity index (χ1v) is 12.1. The molecule has 3 aromatic rings. The highest BCUT2D eigenvalue weighted by atomic mass is 32.2. The number of ether oxygens (including phenoxy) is 1. The molecule has 35 heavy (non-hydrogen) atoms. The number of carbonyl (C=O) groups is 2. The third-order valence-corrected chi connectivity index (χ3v) is 5.97. The van der Waals surface area contributed by atoms with E-state index in [0.717, 1.165) is 42.3 Å². The van der Waals surface area contributed by atoms with E-state index >= 15 is 0 Å². The number of thioether (sulfide) groups is 1. The van der Waals surface area contributed by atoms with E-state index in [1.54, 1.807) is 0 Å². The van der Waals surface area contributed by atoms with Crippen LogP contribution in [0.3, 0.4) is 0 Å². The Bertz CT molecular complexity index is 1170. The molecule has 3 aromatic carbocycles. The van der Waals surface area contributed by atoms with E-state index in [0.29, 0.717) is 12.2 Å². The summed E-state index contributed by atoms with van der Waals surface area (Å²) in [6.07, 6.45) is 4.43. The third kappa shape index (κ3) is 8.81. The predicted molar refractivity (Wildman–Crippen MR) is 141 cm³/mol. The Morgan fingerprint density at radius 2 is 1.43 bits per heavy atom. The first-order chi connectivity index (χ1) is 17.0. The molecule has 7 heteroatoms. The lowest BCUT2D eigenvalue weighted by Crippen LogP contribution is -2.20. The standard InChI is InChI=1S/C24H23NOS.C4H4O4/c1-2-8-19(9-3-1)14-15-25-16-17-27-24-18-20-10-4-6-12-22(20)26-23-13-7-5-11-21(23)24;5-3(6)1-2-4(7)8/h1-13,18,25H,14-17H2;1-2H,(H,5,6)(H,7,8)/b;2-1-. The summed E-state index contributed by atoms with van der Waals surface area (Å²) >= 11 is 1.88. The molecule has 1 aliphatic rings. The van der Waals surface area contributed by atoms with E-state index in [1.165, 1.54) is 16.0 Å². The van der Waals surface area contributed by atoms with Gasteiger partial charge in [-0.3, -0.25) is 0 Å². The second kappa shape index (κ2) is 13.8. The fraction of sp³-hybridized carbons (Fsp3) is 0.143.